The largest absolute Gasteiger partial charge is 0.384 e. The lowest BCUT2D eigenvalue weighted by atomic mass is 10.3. The Balaban J connectivity index is 2.87. The number of hydrogen-bond donors (Lipinski definition) is 1. The molecule has 114 valence electrons. The van der Waals surface area contributed by atoms with Crippen molar-refractivity contribution in [3.05, 3.63) is 24.3 Å². The van der Waals surface area contributed by atoms with Gasteiger partial charge in [0.25, 0.3) is 0 Å². The zero-order chi connectivity index (χ0) is 15.2. The van der Waals surface area contributed by atoms with E-state index in [2.05, 4.69) is 5.32 Å². The summed E-state index contributed by atoms with van der Waals surface area (Å²) in [5.41, 5.74) is 0.631. The van der Waals surface area contributed by atoms with E-state index in [1.165, 1.54) is 4.31 Å². The normalized spacial score (nSPS) is 12.1. The number of hydrogen-bond acceptors (Lipinski definition) is 4. The van der Waals surface area contributed by atoms with Gasteiger partial charge < -0.3 is 10.1 Å². The van der Waals surface area contributed by atoms with Gasteiger partial charge in [0.15, 0.2) is 0 Å². The average molecular weight is 300 g/mol. The van der Waals surface area contributed by atoms with E-state index >= 15 is 0 Å². The van der Waals surface area contributed by atoms with Crippen molar-refractivity contribution in [2.45, 2.75) is 31.8 Å². The third-order valence-corrected chi connectivity index (χ3v) is 4.71. The predicted molar refractivity (Wildman–Crippen MR) is 81.5 cm³/mol. The Kier molecular flexibility index (Phi) is 6.45. The summed E-state index contributed by atoms with van der Waals surface area (Å²) in [6.07, 6.45) is 0.0974. The molecule has 0 bridgehead atoms. The molecule has 0 amide bonds. The van der Waals surface area contributed by atoms with Crippen LogP contribution in [-0.4, -0.2) is 45.6 Å². The maximum atomic E-state index is 12.5. The molecule has 0 aliphatic heterocycles. The number of sulfonamides is 1. The summed E-state index contributed by atoms with van der Waals surface area (Å²) in [5.74, 6) is 0. The minimum absolute atomic E-state index is 0.0974. The summed E-state index contributed by atoms with van der Waals surface area (Å²) in [5, 5.41) is 3.07. The van der Waals surface area contributed by atoms with Crippen LogP contribution in [0.2, 0.25) is 0 Å². The number of ether oxygens (including phenoxy) is 1. The standard InChI is InChI=1S/C14H24N2O3S/c1-5-15-13-8-6-7-9-14(13)20(17,18)16(4)10-11-19-12(2)3/h6-9,12,15H,5,10-11H2,1-4H3. The first-order valence-electron chi connectivity index (χ1n) is 6.80. The third kappa shape index (κ3) is 4.47. The summed E-state index contributed by atoms with van der Waals surface area (Å²) < 4.78 is 31.8. The molecule has 0 aromatic heterocycles. The molecule has 1 aromatic rings. The highest BCUT2D eigenvalue weighted by Gasteiger charge is 2.23. The first-order valence-corrected chi connectivity index (χ1v) is 8.24. The maximum absolute atomic E-state index is 12.5. The van der Waals surface area contributed by atoms with Crippen LogP contribution in [0.3, 0.4) is 0 Å². The Morgan fingerprint density at radius 3 is 2.55 bits per heavy atom. The van der Waals surface area contributed by atoms with Crippen LogP contribution >= 0.6 is 0 Å². The van der Waals surface area contributed by atoms with Gasteiger partial charge in [-0.15, -0.1) is 0 Å². The minimum atomic E-state index is -3.50. The highest BCUT2D eigenvalue weighted by molar-refractivity contribution is 7.89. The average Bonchev–Trinajstić information content (AvgIpc) is 2.39. The molecule has 0 fully saturated rings. The Hall–Kier alpha value is -1.11. The molecule has 0 radical (unpaired) electrons. The van der Waals surface area contributed by atoms with Crippen molar-refractivity contribution in [3.63, 3.8) is 0 Å². The highest BCUT2D eigenvalue weighted by Crippen LogP contribution is 2.23. The summed E-state index contributed by atoms with van der Waals surface area (Å²) in [4.78, 5) is 0.300. The quantitative estimate of drug-likeness (QED) is 0.799. The van der Waals surface area contributed by atoms with Crippen LogP contribution in [0.1, 0.15) is 20.8 Å². The van der Waals surface area contributed by atoms with Crippen LogP contribution < -0.4 is 5.32 Å². The summed E-state index contributed by atoms with van der Waals surface area (Å²) in [6.45, 7) is 7.18. The molecule has 0 spiro atoms. The van der Waals surface area contributed by atoms with Gasteiger partial charge in [0.1, 0.15) is 4.90 Å². The van der Waals surface area contributed by atoms with Crippen LogP contribution in [-0.2, 0) is 14.8 Å². The topological polar surface area (TPSA) is 58.6 Å². The lowest BCUT2D eigenvalue weighted by Crippen LogP contribution is -2.31. The SMILES string of the molecule is CCNc1ccccc1S(=O)(=O)N(C)CCOC(C)C. The van der Waals surface area contributed by atoms with Crippen LogP contribution in [0, 0.1) is 0 Å². The molecule has 0 saturated carbocycles. The molecule has 0 aliphatic carbocycles. The van der Waals surface area contributed by atoms with E-state index in [9.17, 15) is 8.42 Å². The summed E-state index contributed by atoms with van der Waals surface area (Å²) in [6, 6.07) is 6.94. The number of benzene rings is 1. The fraction of sp³-hybridized carbons (Fsp3) is 0.571. The van der Waals surface area contributed by atoms with Crippen LogP contribution in [0.4, 0.5) is 5.69 Å². The van der Waals surface area contributed by atoms with Gasteiger partial charge in [-0.05, 0) is 32.9 Å². The molecular formula is C14H24N2O3S. The van der Waals surface area contributed by atoms with Crippen LogP contribution in [0.15, 0.2) is 29.2 Å². The zero-order valence-electron chi connectivity index (χ0n) is 12.6. The molecule has 1 aromatic carbocycles. The van der Waals surface area contributed by atoms with Crippen LogP contribution in [0.25, 0.3) is 0 Å². The van der Waals surface area contributed by atoms with Crippen molar-refractivity contribution in [2.75, 3.05) is 32.1 Å². The minimum Gasteiger partial charge on any atom is -0.384 e. The molecule has 1 N–H and O–H groups in total. The number of anilines is 1. The predicted octanol–water partition coefficient (Wildman–Crippen LogP) is 2.16. The van der Waals surface area contributed by atoms with Gasteiger partial charge >= 0.3 is 0 Å². The second kappa shape index (κ2) is 7.61. The van der Waals surface area contributed by atoms with Gasteiger partial charge in [0, 0.05) is 20.1 Å². The number of nitrogens with zero attached hydrogens (tertiary/aromatic N) is 1. The van der Waals surface area contributed by atoms with Gasteiger partial charge in [-0.2, -0.15) is 4.31 Å². The number of para-hydroxylation sites is 1. The smallest absolute Gasteiger partial charge is 0.244 e. The lowest BCUT2D eigenvalue weighted by Gasteiger charge is -2.20. The Morgan fingerprint density at radius 1 is 1.30 bits per heavy atom. The molecule has 0 saturated heterocycles. The van der Waals surface area contributed by atoms with Gasteiger partial charge in [0.2, 0.25) is 10.0 Å². The Morgan fingerprint density at radius 2 is 1.95 bits per heavy atom. The second-order valence-corrected chi connectivity index (χ2v) is 6.79. The van der Waals surface area contributed by atoms with E-state index in [4.69, 9.17) is 4.74 Å². The fourth-order valence-corrected chi connectivity index (χ4v) is 3.05. The van der Waals surface area contributed by atoms with E-state index in [0.717, 1.165) is 0 Å². The monoisotopic (exact) mass is 300 g/mol. The Bertz CT molecular complexity index is 515. The molecule has 0 atom stereocenters. The maximum Gasteiger partial charge on any atom is 0.244 e. The van der Waals surface area contributed by atoms with Crippen molar-refractivity contribution in [1.29, 1.82) is 0 Å². The molecule has 20 heavy (non-hydrogen) atoms. The van der Waals surface area contributed by atoms with Gasteiger partial charge in [-0.1, -0.05) is 12.1 Å². The van der Waals surface area contributed by atoms with Gasteiger partial charge in [-0.3, -0.25) is 0 Å². The van der Waals surface area contributed by atoms with E-state index in [-0.39, 0.29) is 6.10 Å². The van der Waals surface area contributed by atoms with E-state index < -0.39 is 10.0 Å². The van der Waals surface area contributed by atoms with Crippen molar-refractivity contribution in [1.82, 2.24) is 4.31 Å². The first-order chi connectivity index (χ1) is 9.39. The van der Waals surface area contributed by atoms with Crippen molar-refractivity contribution in [3.8, 4) is 0 Å². The molecule has 0 heterocycles. The fourth-order valence-electron chi connectivity index (χ4n) is 1.73. The summed E-state index contributed by atoms with van der Waals surface area (Å²) in [7, 11) is -1.93. The second-order valence-electron chi connectivity index (χ2n) is 4.77. The van der Waals surface area contributed by atoms with Crippen molar-refractivity contribution < 1.29 is 13.2 Å². The molecule has 1 rings (SSSR count). The van der Waals surface area contributed by atoms with Crippen molar-refractivity contribution in [2.24, 2.45) is 0 Å². The number of likely N-dealkylation sites (N-methyl/N-ethyl adjacent to an activating group) is 1. The van der Waals surface area contributed by atoms with Gasteiger partial charge in [0.05, 0.1) is 18.4 Å². The molecule has 0 unspecified atom stereocenters. The van der Waals surface area contributed by atoms with E-state index in [0.29, 0.717) is 30.3 Å². The third-order valence-electron chi connectivity index (χ3n) is 2.80. The number of rotatable bonds is 8. The van der Waals surface area contributed by atoms with Gasteiger partial charge in [-0.25, -0.2) is 8.42 Å². The molecule has 5 nitrogen and oxygen atoms in total. The zero-order valence-corrected chi connectivity index (χ0v) is 13.4. The lowest BCUT2D eigenvalue weighted by molar-refractivity contribution is 0.0737. The molecular weight excluding hydrogens is 276 g/mol. The summed E-state index contributed by atoms with van der Waals surface area (Å²) >= 11 is 0. The van der Waals surface area contributed by atoms with Crippen molar-refractivity contribution >= 4 is 15.7 Å². The Labute approximate surface area is 122 Å². The molecule has 0 aliphatic rings. The highest BCUT2D eigenvalue weighted by atomic mass is 32.2. The van der Waals surface area contributed by atoms with E-state index in [1.807, 2.05) is 26.8 Å². The number of nitrogens with one attached hydrogen (secondary N) is 1. The van der Waals surface area contributed by atoms with Crippen LogP contribution in [0.5, 0.6) is 0 Å². The first kappa shape index (κ1) is 16.9. The van der Waals surface area contributed by atoms with E-state index in [1.54, 1.807) is 25.2 Å². The molecule has 6 heteroatoms.